The molecule has 3 heteroatoms. The number of aldehydes is 1. The van der Waals surface area contributed by atoms with Crippen molar-refractivity contribution in [3.63, 3.8) is 0 Å². The summed E-state index contributed by atoms with van der Waals surface area (Å²) in [6.45, 7) is 4.93. The topological polar surface area (TPSA) is 32.3 Å². The van der Waals surface area contributed by atoms with Gasteiger partial charge in [-0.1, -0.05) is 25.1 Å². The van der Waals surface area contributed by atoms with Crippen LogP contribution < -0.4 is 10.2 Å². The fourth-order valence-corrected chi connectivity index (χ4v) is 2.77. The number of nitrogens with zero attached hydrogens (tertiary/aromatic N) is 1. The van der Waals surface area contributed by atoms with E-state index >= 15 is 0 Å². The Morgan fingerprint density at radius 3 is 2.67 bits per heavy atom. The van der Waals surface area contributed by atoms with Gasteiger partial charge in [0.15, 0.2) is 0 Å². The lowest BCUT2D eigenvalue weighted by molar-refractivity contribution is -0.106. The normalized spacial score (nSPS) is 18.3. The van der Waals surface area contributed by atoms with Crippen LogP contribution in [0.4, 0.5) is 5.69 Å². The summed E-state index contributed by atoms with van der Waals surface area (Å²) in [5, 5.41) is 3.41. The highest BCUT2D eigenvalue weighted by molar-refractivity contribution is 5.64. The van der Waals surface area contributed by atoms with E-state index in [1.165, 1.54) is 11.3 Å². The third-order valence-corrected chi connectivity index (χ3v) is 4.02. The molecule has 1 heterocycles. The Kier molecular flexibility index (Phi) is 4.02. The van der Waals surface area contributed by atoms with Crippen molar-refractivity contribution in [3.05, 3.63) is 29.8 Å². The summed E-state index contributed by atoms with van der Waals surface area (Å²) < 4.78 is 0. The molecule has 0 bridgehead atoms. The van der Waals surface area contributed by atoms with Gasteiger partial charge < -0.3 is 15.0 Å². The van der Waals surface area contributed by atoms with Gasteiger partial charge in [0.05, 0.1) is 6.54 Å². The van der Waals surface area contributed by atoms with E-state index in [4.69, 9.17) is 0 Å². The highest BCUT2D eigenvalue weighted by Gasteiger charge is 2.31. The molecular weight excluding hydrogens is 224 g/mol. The van der Waals surface area contributed by atoms with E-state index in [9.17, 15) is 4.79 Å². The number of anilines is 1. The fraction of sp³-hybridized carbons (Fsp3) is 0.533. The number of hydrogen-bond donors (Lipinski definition) is 1. The number of carbonyl (C=O) groups excluding carboxylic acids is 1. The zero-order valence-electron chi connectivity index (χ0n) is 11.3. The van der Waals surface area contributed by atoms with Crippen LogP contribution in [-0.4, -0.2) is 33.0 Å². The Labute approximate surface area is 109 Å². The third kappa shape index (κ3) is 2.56. The second-order valence-electron chi connectivity index (χ2n) is 5.37. The summed E-state index contributed by atoms with van der Waals surface area (Å²) in [4.78, 5) is 12.7. The highest BCUT2D eigenvalue weighted by atomic mass is 16.1. The fourth-order valence-electron chi connectivity index (χ4n) is 2.77. The summed E-state index contributed by atoms with van der Waals surface area (Å²) in [6, 6.07) is 8.47. The summed E-state index contributed by atoms with van der Waals surface area (Å²) in [7, 11) is 1.98. The van der Waals surface area contributed by atoms with Crippen LogP contribution in [0.25, 0.3) is 0 Å². The molecule has 0 unspecified atom stereocenters. The standard InChI is InChI=1S/C15H22N2O/c1-15(7-9-16-10-8-15)13-5-3-4-6-14(13)17(2)11-12-18/h3-6,12,16H,7-11H2,1-2H3. The van der Waals surface area contributed by atoms with Crippen molar-refractivity contribution < 1.29 is 4.79 Å². The van der Waals surface area contributed by atoms with Crippen LogP contribution in [0, 0.1) is 0 Å². The minimum absolute atomic E-state index is 0.221. The van der Waals surface area contributed by atoms with Crippen molar-refractivity contribution in [1.29, 1.82) is 0 Å². The van der Waals surface area contributed by atoms with Crippen molar-refractivity contribution in [3.8, 4) is 0 Å². The first-order valence-corrected chi connectivity index (χ1v) is 6.62. The van der Waals surface area contributed by atoms with Gasteiger partial charge in [0.1, 0.15) is 6.29 Å². The number of likely N-dealkylation sites (N-methyl/N-ethyl adjacent to an activating group) is 1. The minimum Gasteiger partial charge on any atom is -0.367 e. The number of rotatable bonds is 4. The number of carbonyl (C=O) groups is 1. The van der Waals surface area contributed by atoms with Gasteiger partial charge in [-0.3, -0.25) is 0 Å². The smallest absolute Gasteiger partial charge is 0.139 e. The molecule has 1 aromatic rings. The molecule has 0 aromatic heterocycles. The Hall–Kier alpha value is -1.35. The van der Waals surface area contributed by atoms with Crippen LogP contribution >= 0.6 is 0 Å². The number of benzene rings is 1. The Bertz CT molecular complexity index is 411. The molecule has 1 saturated heterocycles. The highest BCUT2D eigenvalue weighted by Crippen LogP contribution is 2.38. The molecule has 0 radical (unpaired) electrons. The molecule has 18 heavy (non-hydrogen) atoms. The summed E-state index contributed by atoms with van der Waals surface area (Å²) in [6.07, 6.45) is 3.26. The van der Waals surface area contributed by atoms with Gasteiger partial charge in [-0.05, 0) is 43.0 Å². The molecular formula is C15H22N2O. The first kappa shape index (κ1) is 13.1. The second kappa shape index (κ2) is 5.53. The van der Waals surface area contributed by atoms with E-state index in [-0.39, 0.29) is 5.41 Å². The molecule has 1 fully saturated rings. The first-order valence-electron chi connectivity index (χ1n) is 6.62. The van der Waals surface area contributed by atoms with Gasteiger partial charge in [0.2, 0.25) is 0 Å². The maximum absolute atomic E-state index is 10.7. The molecule has 98 valence electrons. The average Bonchev–Trinajstić information content (AvgIpc) is 2.40. The van der Waals surface area contributed by atoms with Crippen molar-refractivity contribution in [2.45, 2.75) is 25.2 Å². The van der Waals surface area contributed by atoms with E-state index in [1.807, 2.05) is 18.0 Å². The number of hydrogen-bond acceptors (Lipinski definition) is 3. The van der Waals surface area contributed by atoms with Crippen LogP contribution in [0.1, 0.15) is 25.3 Å². The van der Waals surface area contributed by atoms with Crippen molar-refractivity contribution >= 4 is 12.0 Å². The Balaban J connectivity index is 2.34. The zero-order chi connectivity index (χ0) is 13.0. The lowest BCUT2D eigenvalue weighted by Crippen LogP contribution is -2.38. The number of piperidine rings is 1. The lowest BCUT2D eigenvalue weighted by atomic mass is 9.74. The maximum atomic E-state index is 10.7. The molecule has 0 amide bonds. The van der Waals surface area contributed by atoms with Gasteiger partial charge in [0, 0.05) is 12.7 Å². The second-order valence-corrected chi connectivity index (χ2v) is 5.37. The van der Waals surface area contributed by atoms with Crippen molar-refractivity contribution in [2.75, 3.05) is 31.6 Å². The van der Waals surface area contributed by atoms with Gasteiger partial charge in [-0.25, -0.2) is 0 Å². The molecule has 3 nitrogen and oxygen atoms in total. The minimum atomic E-state index is 0.221. The zero-order valence-corrected chi connectivity index (χ0v) is 11.3. The molecule has 0 saturated carbocycles. The van der Waals surface area contributed by atoms with Gasteiger partial charge in [-0.2, -0.15) is 0 Å². The molecule has 1 aliphatic rings. The quantitative estimate of drug-likeness (QED) is 0.824. The summed E-state index contributed by atoms with van der Waals surface area (Å²) in [5.41, 5.74) is 2.78. The Morgan fingerprint density at radius 1 is 1.33 bits per heavy atom. The van der Waals surface area contributed by atoms with E-state index < -0.39 is 0 Å². The van der Waals surface area contributed by atoms with Crippen LogP contribution in [-0.2, 0) is 10.2 Å². The van der Waals surface area contributed by atoms with E-state index in [1.54, 1.807) is 0 Å². The molecule has 1 aromatic carbocycles. The monoisotopic (exact) mass is 246 g/mol. The number of para-hydroxylation sites is 1. The van der Waals surface area contributed by atoms with Crippen LogP contribution in [0.2, 0.25) is 0 Å². The molecule has 0 spiro atoms. The number of nitrogens with one attached hydrogen (secondary N) is 1. The van der Waals surface area contributed by atoms with E-state index in [0.717, 1.165) is 32.2 Å². The molecule has 1 N–H and O–H groups in total. The molecule has 0 atom stereocenters. The van der Waals surface area contributed by atoms with Crippen molar-refractivity contribution in [1.82, 2.24) is 5.32 Å². The lowest BCUT2D eigenvalue weighted by Gasteiger charge is -2.37. The largest absolute Gasteiger partial charge is 0.367 e. The van der Waals surface area contributed by atoms with Crippen LogP contribution in [0.15, 0.2) is 24.3 Å². The van der Waals surface area contributed by atoms with E-state index in [0.29, 0.717) is 6.54 Å². The van der Waals surface area contributed by atoms with Gasteiger partial charge >= 0.3 is 0 Å². The van der Waals surface area contributed by atoms with Crippen LogP contribution in [0.5, 0.6) is 0 Å². The average molecular weight is 246 g/mol. The molecule has 0 aliphatic carbocycles. The van der Waals surface area contributed by atoms with E-state index in [2.05, 4.69) is 30.4 Å². The molecule has 1 aliphatic heterocycles. The molecule has 2 rings (SSSR count). The summed E-state index contributed by atoms with van der Waals surface area (Å²) in [5.74, 6) is 0. The summed E-state index contributed by atoms with van der Waals surface area (Å²) >= 11 is 0. The SMILES string of the molecule is CN(CC=O)c1ccccc1C1(C)CCNCC1. The first-order chi connectivity index (χ1) is 8.67. The predicted molar refractivity (Wildman–Crippen MR) is 75.2 cm³/mol. The van der Waals surface area contributed by atoms with Crippen LogP contribution in [0.3, 0.4) is 0 Å². The maximum Gasteiger partial charge on any atom is 0.139 e. The van der Waals surface area contributed by atoms with Gasteiger partial charge in [0.25, 0.3) is 0 Å². The Morgan fingerprint density at radius 2 is 2.00 bits per heavy atom. The van der Waals surface area contributed by atoms with Crippen molar-refractivity contribution in [2.24, 2.45) is 0 Å². The third-order valence-electron chi connectivity index (χ3n) is 4.02. The predicted octanol–water partition coefficient (Wildman–Crippen LogP) is 1.96. The van der Waals surface area contributed by atoms with Gasteiger partial charge in [-0.15, -0.1) is 0 Å².